The molecular formula is C16H24N2O5S2. The molecule has 0 aromatic heterocycles. The number of nitrogens with one attached hydrogen (secondary N) is 1. The second-order valence-corrected chi connectivity index (χ2v) is 10.7. The molecule has 0 spiro atoms. The zero-order valence-corrected chi connectivity index (χ0v) is 16.1. The number of carbonyl (C=O) groups excluding carboxylic acids is 1. The molecule has 2 rings (SSSR count). The van der Waals surface area contributed by atoms with Crippen molar-refractivity contribution in [1.82, 2.24) is 9.62 Å². The molecule has 0 aliphatic carbocycles. The summed E-state index contributed by atoms with van der Waals surface area (Å²) in [6, 6.07) is 7.16. The van der Waals surface area contributed by atoms with Gasteiger partial charge in [0, 0.05) is 25.6 Å². The summed E-state index contributed by atoms with van der Waals surface area (Å²) < 4.78 is 48.0. The SMILES string of the molecule is Cc1cccc(CN(CCC(=O)NC2CCS(=O)(=O)C2)S(C)(=O)=O)c1. The standard InChI is InChI=1S/C16H24N2O5S2/c1-13-4-3-5-14(10-13)11-18(24(2,20)21)8-6-16(19)17-15-7-9-25(22,23)12-15/h3-5,10,15H,6-9,11-12H2,1-2H3,(H,17,19). The van der Waals surface area contributed by atoms with Crippen LogP contribution < -0.4 is 5.32 Å². The van der Waals surface area contributed by atoms with Crippen LogP contribution in [-0.4, -0.2) is 57.4 Å². The molecule has 1 heterocycles. The molecule has 1 aliphatic rings. The average molecular weight is 389 g/mol. The van der Waals surface area contributed by atoms with Crippen molar-refractivity contribution in [3.63, 3.8) is 0 Å². The van der Waals surface area contributed by atoms with E-state index in [1.165, 1.54) is 4.31 Å². The summed E-state index contributed by atoms with van der Waals surface area (Å²) in [6.07, 6.45) is 1.52. The van der Waals surface area contributed by atoms with Gasteiger partial charge in [-0.25, -0.2) is 16.8 Å². The van der Waals surface area contributed by atoms with E-state index in [1.807, 2.05) is 31.2 Å². The predicted molar refractivity (Wildman–Crippen MR) is 96.3 cm³/mol. The highest BCUT2D eigenvalue weighted by Gasteiger charge is 2.29. The Hall–Kier alpha value is -1.45. The van der Waals surface area contributed by atoms with Gasteiger partial charge in [0.2, 0.25) is 15.9 Å². The van der Waals surface area contributed by atoms with Gasteiger partial charge >= 0.3 is 0 Å². The summed E-state index contributed by atoms with van der Waals surface area (Å²) in [5.41, 5.74) is 1.89. The fourth-order valence-electron chi connectivity index (χ4n) is 2.81. The van der Waals surface area contributed by atoms with E-state index in [4.69, 9.17) is 0 Å². The number of amides is 1. The summed E-state index contributed by atoms with van der Waals surface area (Å²) in [6.45, 7) is 2.18. The largest absolute Gasteiger partial charge is 0.352 e. The Labute approximate surface area is 149 Å². The van der Waals surface area contributed by atoms with E-state index in [9.17, 15) is 21.6 Å². The molecule has 1 aliphatic heterocycles. The van der Waals surface area contributed by atoms with Gasteiger partial charge in [-0.15, -0.1) is 0 Å². The Kier molecular flexibility index (Phi) is 6.23. The fraction of sp³-hybridized carbons (Fsp3) is 0.562. The minimum atomic E-state index is -3.46. The van der Waals surface area contributed by atoms with Crippen molar-refractivity contribution in [3.8, 4) is 0 Å². The molecule has 140 valence electrons. The summed E-state index contributed by atoms with van der Waals surface area (Å²) in [5, 5.41) is 2.67. The second-order valence-electron chi connectivity index (χ2n) is 6.50. The number of benzene rings is 1. The van der Waals surface area contributed by atoms with Crippen LogP contribution >= 0.6 is 0 Å². The van der Waals surface area contributed by atoms with Gasteiger partial charge in [0.1, 0.15) is 0 Å². The van der Waals surface area contributed by atoms with E-state index in [-0.39, 0.29) is 43.0 Å². The van der Waals surface area contributed by atoms with Gasteiger partial charge in [-0.05, 0) is 18.9 Å². The van der Waals surface area contributed by atoms with Crippen molar-refractivity contribution in [3.05, 3.63) is 35.4 Å². The van der Waals surface area contributed by atoms with E-state index in [0.29, 0.717) is 6.42 Å². The minimum absolute atomic E-state index is 0.00453. The average Bonchev–Trinajstić information content (AvgIpc) is 2.81. The summed E-state index contributed by atoms with van der Waals surface area (Å²) in [5.74, 6) is -0.293. The molecule has 1 unspecified atom stereocenters. The molecule has 1 aromatic carbocycles. The van der Waals surface area contributed by atoms with Crippen LogP contribution in [-0.2, 0) is 31.2 Å². The highest BCUT2D eigenvalue weighted by Crippen LogP contribution is 2.13. The number of sulfone groups is 1. The van der Waals surface area contributed by atoms with Crippen molar-refractivity contribution < 1.29 is 21.6 Å². The van der Waals surface area contributed by atoms with Crippen molar-refractivity contribution in [2.24, 2.45) is 0 Å². The van der Waals surface area contributed by atoms with Crippen LogP contribution in [0.5, 0.6) is 0 Å². The molecule has 1 fully saturated rings. The maximum absolute atomic E-state index is 12.0. The van der Waals surface area contributed by atoms with E-state index in [1.54, 1.807) is 0 Å². The first-order chi connectivity index (χ1) is 11.5. The van der Waals surface area contributed by atoms with Crippen LogP contribution in [0.25, 0.3) is 0 Å². The Morgan fingerprint density at radius 1 is 1.36 bits per heavy atom. The van der Waals surface area contributed by atoms with E-state index in [0.717, 1.165) is 17.4 Å². The molecule has 0 bridgehead atoms. The van der Waals surface area contributed by atoms with Crippen molar-refractivity contribution in [1.29, 1.82) is 0 Å². The first-order valence-electron chi connectivity index (χ1n) is 8.06. The summed E-state index contributed by atoms with van der Waals surface area (Å²) >= 11 is 0. The normalized spacial score (nSPS) is 19.9. The van der Waals surface area contributed by atoms with Crippen LogP contribution in [0.3, 0.4) is 0 Å². The van der Waals surface area contributed by atoms with Gasteiger partial charge in [0.05, 0.1) is 17.8 Å². The fourth-order valence-corrected chi connectivity index (χ4v) is 5.29. The molecule has 1 amide bonds. The van der Waals surface area contributed by atoms with E-state index >= 15 is 0 Å². The Morgan fingerprint density at radius 2 is 2.08 bits per heavy atom. The maximum atomic E-state index is 12.0. The number of hydrogen-bond donors (Lipinski definition) is 1. The van der Waals surface area contributed by atoms with Gasteiger partial charge in [0.15, 0.2) is 9.84 Å². The molecule has 1 atom stereocenters. The Morgan fingerprint density at radius 3 is 2.64 bits per heavy atom. The lowest BCUT2D eigenvalue weighted by molar-refractivity contribution is -0.121. The third-order valence-electron chi connectivity index (χ3n) is 4.10. The van der Waals surface area contributed by atoms with Crippen LogP contribution in [0, 0.1) is 6.92 Å². The second kappa shape index (κ2) is 7.84. The first kappa shape index (κ1) is 19.9. The lowest BCUT2D eigenvalue weighted by Gasteiger charge is -2.20. The summed E-state index contributed by atoms with van der Waals surface area (Å²) in [7, 11) is -6.52. The zero-order chi connectivity index (χ0) is 18.7. The molecule has 0 saturated carbocycles. The van der Waals surface area contributed by atoms with E-state index < -0.39 is 19.9 Å². The number of rotatable bonds is 7. The Bertz CT molecular complexity index is 834. The first-order valence-corrected chi connectivity index (χ1v) is 11.7. The Balaban J connectivity index is 1.93. The molecule has 1 N–H and O–H groups in total. The van der Waals surface area contributed by atoms with Crippen LogP contribution in [0.1, 0.15) is 24.0 Å². The molecular weight excluding hydrogens is 364 g/mol. The van der Waals surface area contributed by atoms with Gasteiger partial charge in [-0.2, -0.15) is 4.31 Å². The maximum Gasteiger partial charge on any atom is 0.221 e. The van der Waals surface area contributed by atoms with Crippen molar-refractivity contribution >= 4 is 25.8 Å². The van der Waals surface area contributed by atoms with Gasteiger partial charge in [-0.1, -0.05) is 29.8 Å². The van der Waals surface area contributed by atoms with Gasteiger partial charge < -0.3 is 5.32 Å². The topological polar surface area (TPSA) is 101 Å². The molecule has 9 heteroatoms. The smallest absolute Gasteiger partial charge is 0.221 e. The molecule has 0 radical (unpaired) electrons. The van der Waals surface area contributed by atoms with Crippen LogP contribution in [0.2, 0.25) is 0 Å². The number of carbonyl (C=O) groups is 1. The highest BCUT2D eigenvalue weighted by atomic mass is 32.2. The van der Waals surface area contributed by atoms with Crippen molar-refractivity contribution in [2.45, 2.75) is 32.4 Å². The van der Waals surface area contributed by atoms with E-state index in [2.05, 4.69) is 5.32 Å². The van der Waals surface area contributed by atoms with Gasteiger partial charge in [0.25, 0.3) is 0 Å². The number of nitrogens with zero attached hydrogens (tertiary/aromatic N) is 1. The highest BCUT2D eigenvalue weighted by molar-refractivity contribution is 7.91. The van der Waals surface area contributed by atoms with Crippen LogP contribution in [0.15, 0.2) is 24.3 Å². The number of hydrogen-bond acceptors (Lipinski definition) is 5. The minimum Gasteiger partial charge on any atom is -0.352 e. The molecule has 25 heavy (non-hydrogen) atoms. The molecule has 1 saturated heterocycles. The lowest BCUT2D eigenvalue weighted by Crippen LogP contribution is -2.38. The van der Waals surface area contributed by atoms with Gasteiger partial charge in [-0.3, -0.25) is 4.79 Å². The van der Waals surface area contributed by atoms with Crippen molar-refractivity contribution in [2.75, 3.05) is 24.3 Å². The molecule has 7 nitrogen and oxygen atoms in total. The third-order valence-corrected chi connectivity index (χ3v) is 7.11. The monoisotopic (exact) mass is 388 g/mol. The zero-order valence-electron chi connectivity index (χ0n) is 14.4. The lowest BCUT2D eigenvalue weighted by atomic mass is 10.1. The number of sulfonamides is 1. The van der Waals surface area contributed by atoms with Crippen LogP contribution in [0.4, 0.5) is 0 Å². The third kappa shape index (κ3) is 6.41. The number of aryl methyl sites for hydroxylation is 1. The summed E-state index contributed by atoms with van der Waals surface area (Å²) in [4.78, 5) is 12.0. The predicted octanol–water partition coefficient (Wildman–Crippen LogP) is 0.450. The molecule has 1 aromatic rings. The quantitative estimate of drug-likeness (QED) is 0.731.